The number of nitrogens with zero attached hydrogens (tertiary/aromatic N) is 1. The fraction of sp³-hybridized carbons (Fsp3) is 0.261. The summed E-state index contributed by atoms with van der Waals surface area (Å²) in [6.07, 6.45) is 2.01. The average Bonchev–Trinajstić information content (AvgIpc) is 2.71. The first-order valence-electron chi connectivity index (χ1n) is 9.35. The molecule has 0 atom stereocenters. The van der Waals surface area contributed by atoms with Crippen molar-refractivity contribution < 1.29 is 0 Å². The van der Waals surface area contributed by atoms with E-state index in [-0.39, 0.29) is 0 Å². The molecule has 0 saturated heterocycles. The zero-order chi connectivity index (χ0) is 17.7. The standard InChI is InChI=1S/C23H27GeN/c1-4-24(5-2,6-3)22-15-16-25-23(18-22)21-14-10-13-20(17-21)19-11-8-7-9-12-19/h7-18H,4-6H2,1-3H3. The van der Waals surface area contributed by atoms with Gasteiger partial charge in [-0.3, -0.25) is 0 Å². The van der Waals surface area contributed by atoms with Crippen LogP contribution < -0.4 is 4.40 Å². The second-order valence-electron chi connectivity index (χ2n) is 6.72. The number of rotatable bonds is 6. The van der Waals surface area contributed by atoms with Crippen LogP contribution in [0.5, 0.6) is 0 Å². The molecular weight excluding hydrogens is 363 g/mol. The molecule has 0 unspecified atom stereocenters. The molecule has 2 aromatic carbocycles. The predicted molar refractivity (Wildman–Crippen MR) is 112 cm³/mol. The summed E-state index contributed by atoms with van der Waals surface area (Å²) in [4.78, 5) is 4.69. The Balaban J connectivity index is 2.02. The molecule has 128 valence electrons. The summed E-state index contributed by atoms with van der Waals surface area (Å²) in [7, 11) is 0. The van der Waals surface area contributed by atoms with Crippen LogP contribution in [-0.2, 0) is 0 Å². The molecule has 25 heavy (non-hydrogen) atoms. The quantitative estimate of drug-likeness (QED) is 0.462. The van der Waals surface area contributed by atoms with Crippen LogP contribution in [0.25, 0.3) is 22.4 Å². The third-order valence-electron chi connectivity index (χ3n) is 5.67. The molecule has 2 heteroatoms. The van der Waals surface area contributed by atoms with Crippen LogP contribution in [0.4, 0.5) is 0 Å². The van der Waals surface area contributed by atoms with Gasteiger partial charge in [-0.2, -0.15) is 0 Å². The third kappa shape index (κ3) is 3.72. The summed E-state index contributed by atoms with van der Waals surface area (Å²) in [6.45, 7) is 7.13. The van der Waals surface area contributed by atoms with Crippen LogP contribution in [0.1, 0.15) is 20.8 Å². The molecule has 0 fully saturated rings. The zero-order valence-electron chi connectivity index (χ0n) is 15.5. The van der Waals surface area contributed by atoms with Crippen molar-refractivity contribution in [1.82, 2.24) is 4.98 Å². The van der Waals surface area contributed by atoms with Gasteiger partial charge in [0.15, 0.2) is 0 Å². The van der Waals surface area contributed by atoms with E-state index in [9.17, 15) is 0 Å². The Morgan fingerprint density at radius 2 is 1.32 bits per heavy atom. The van der Waals surface area contributed by atoms with E-state index >= 15 is 0 Å². The first-order valence-corrected chi connectivity index (χ1v) is 14.8. The van der Waals surface area contributed by atoms with Crippen LogP contribution in [0.2, 0.25) is 15.8 Å². The summed E-state index contributed by atoms with van der Waals surface area (Å²) < 4.78 is 1.60. The van der Waals surface area contributed by atoms with Crippen LogP contribution in [0.15, 0.2) is 72.9 Å². The monoisotopic (exact) mass is 391 g/mol. The number of hydrogen-bond acceptors (Lipinski definition) is 1. The van der Waals surface area contributed by atoms with Gasteiger partial charge in [0.05, 0.1) is 0 Å². The molecule has 0 amide bonds. The van der Waals surface area contributed by atoms with Crippen molar-refractivity contribution >= 4 is 17.7 Å². The van der Waals surface area contributed by atoms with E-state index in [0.717, 1.165) is 5.69 Å². The second-order valence-corrected chi connectivity index (χ2v) is 17.8. The van der Waals surface area contributed by atoms with Gasteiger partial charge in [0.1, 0.15) is 0 Å². The maximum atomic E-state index is 4.69. The van der Waals surface area contributed by atoms with E-state index < -0.39 is 13.3 Å². The number of benzene rings is 2. The first-order chi connectivity index (χ1) is 12.2. The topological polar surface area (TPSA) is 12.9 Å². The third-order valence-corrected chi connectivity index (χ3v) is 17.4. The Hall–Kier alpha value is -1.87. The van der Waals surface area contributed by atoms with E-state index in [2.05, 4.69) is 87.5 Å². The van der Waals surface area contributed by atoms with Gasteiger partial charge in [-0.25, -0.2) is 0 Å². The molecule has 0 aliphatic carbocycles. The molecule has 3 rings (SSSR count). The molecule has 0 aliphatic heterocycles. The molecule has 3 aromatic rings. The van der Waals surface area contributed by atoms with Gasteiger partial charge < -0.3 is 0 Å². The Kier molecular flexibility index (Phi) is 5.75. The fourth-order valence-corrected chi connectivity index (χ4v) is 11.3. The number of pyridine rings is 1. The van der Waals surface area contributed by atoms with E-state index in [4.69, 9.17) is 4.98 Å². The summed E-state index contributed by atoms with van der Waals surface area (Å²) in [5.74, 6) is 0. The molecule has 0 bridgehead atoms. The Morgan fingerprint density at radius 1 is 0.680 bits per heavy atom. The summed E-state index contributed by atoms with van der Waals surface area (Å²) >= 11 is -1.95. The van der Waals surface area contributed by atoms with Gasteiger partial charge in [0.25, 0.3) is 0 Å². The average molecular weight is 390 g/mol. The maximum absolute atomic E-state index is 4.69. The summed E-state index contributed by atoms with van der Waals surface area (Å²) in [5.41, 5.74) is 4.83. The number of aromatic nitrogens is 1. The summed E-state index contributed by atoms with van der Waals surface area (Å²) in [5, 5.41) is 4.04. The molecule has 0 radical (unpaired) electrons. The SMILES string of the molecule is C[CH2][Ge]([CH2]C)([CH2]C)[c]1ccnc(-c2cccc(-c3ccccc3)c2)c1. The van der Waals surface area contributed by atoms with Crippen molar-refractivity contribution in [2.24, 2.45) is 0 Å². The van der Waals surface area contributed by atoms with Crippen LogP contribution in [0, 0.1) is 0 Å². The molecule has 0 spiro atoms. The molecule has 1 aromatic heterocycles. The predicted octanol–water partition coefficient (Wildman–Crippen LogP) is 6.13. The van der Waals surface area contributed by atoms with Crippen molar-refractivity contribution in [3.8, 4) is 22.4 Å². The van der Waals surface area contributed by atoms with E-state index in [1.807, 2.05) is 6.20 Å². The molecule has 0 N–H and O–H groups in total. The van der Waals surface area contributed by atoms with E-state index in [0.29, 0.717) is 0 Å². The molecular formula is C23H27GeN. The zero-order valence-corrected chi connectivity index (χ0v) is 17.6. The van der Waals surface area contributed by atoms with Gasteiger partial charge in [0.2, 0.25) is 0 Å². The summed E-state index contributed by atoms with van der Waals surface area (Å²) in [6, 6.07) is 24.0. The Morgan fingerprint density at radius 3 is 2.00 bits per heavy atom. The van der Waals surface area contributed by atoms with E-state index in [1.54, 1.807) is 4.40 Å². The molecule has 1 heterocycles. The van der Waals surface area contributed by atoms with Gasteiger partial charge in [-0.15, -0.1) is 0 Å². The van der Waals surface area contributed by atoms with Crippen molar-refractivity contribution in [2.75, 3.05) is 0 Å². The van der Waals surface area contributed by atoms with Crippen molar-refractivity contribution in [3.63, 3.8) is 0 Å². The van der Waals surface area contributed by atoms with Crippen LogP contribution >= 0.6 is 0 Å². The Labute approximate surface area is 154 Å². The molecule has 1 nitrogen and oxygen atoms in total. The van der Waals surface area contributed by atoms with Crippen molar-refractivity contribution in [2.45, 2.75) is 36.5 Å². The minimum absolute atomic E-state index is 1.11. The van der Waals surface area contributed by atoms with Gasteiger partial charge in [-0.1, -0.05) is 0 Å². The van der Waals surface area contributed by atoms with Gasteiger partial charge in [0, 0.05) is 0 Å². The van der Waals surface area contributed by atoms with Crippen LogP contribution in [0.3, 0.4) is 0 Å². The first kappa shape index (κ1) is 17.9. The Bertz CT molecular complexity index is 814. The van der Waals surface area contributed by atoms with Crippen molar-refractivity contribution in [1.29, 1.82) is 0 Å². The normalized spacial score (nSPS) is 11.5. The second kappa shape index (κ2) is 8.01. The van der Waals surface area contributed by atoms with Crippen molar-refractivity contribution in [3.05, 3.63) is 72.9 Å². The van der Waals surface area contributed by atoms with Gasteiger partial charge in [-0.05, 0) is 0 Å². The molecule has 0 aliphatic rings. The molecule has 0 saturated carbocycles. The van der Waals surface area contributed by atoms with Gasteiger partial charge >= 0.3 is 154 Å². The fourth-order valence-electron chi connectivity index (χ4n) is 3.77. The number of hydrogen-bond donors (Lipinski definition) is 0. The van der Waals surface area contributed by atoms with E-state index in [1.165, 1.54) is 32.5 Å². The minimum atomic E-state index is -1.95. The van der Waals surface area contributed by atoms with Crippen LogP contribution in [-0.4, -0.2) is 18.3 Å².